The van der Waals surface area contributed by atoms with E-state index in [4.69, 9.17) is 27.5 Å². The maximum absolute atomic E-state index is 13.0. The summed E-state index contributed by atoms with van der Waals surface area (Å²) in [4.78, 5) is 12.3. The lowest BCUT2D eigenvalue weighted by Crippen LogP contribution is -2.22. The Bertz CT molecular complexity index is 1160. The smallest absolute Gasteiger partial charge is 0.282 e. The number of carbonyl (C=O) groups excluding carboxylic acids is 1. The standard InChI is InChI=1S/C23H19ClFN3O3S/c1-3-11-31-19-10-7-16(13-20(19)30-4-2)12-18(24)22-27-28-23(32-22)21(29)26-14-15-5-8-17(25)9-6-15/h1,5-10,12-13H,4,11,14H2,2H3,(H,26,29)/b18-12-. The first-order valence-electron chi connectivity index (χ1n) is 9.57. The molecule has 0 bridgehead atoms. The fourth-order valence-electron chi connectivity index (χ4n) is 2.60. The molecule has 164 valence electrons. The van der Waals surface area contributed by atoms with Gasteiger partial charge in [0.25, 0.3) is 5.91 Å². The first-order chi connectivity index (χ1) is 15.5. The Hall–Kier alpha value is -3.41. The molecule has 0 aliphatic carbocycles. The van der Waals surface area contributed by atoms with Crippen LogP contribution in [0.25, 0.3) is 11.1 Å². The summed E-state index contributed by atoms with van der Waals surface area (Å²) < 4.78 is 24.1. The Labute approximate surface area is 194 Å². The Morgan fingerprint density at radius 2 is 1.94 bits per heavy atom. The molecule has 0 unspecified atom stereocenters. The van der Waals surface area contributed by atoms with E-state index in [1.54, 1.807) is 36.4 Å². The van der Waals surface area contributed by atoms with Crippen LogP contribution in [0, 0.1) is 18.2 Å². The zero-order valence-corrected chi connectivity index (χ0v) is 18.7. The lowest BCUT2D eigenvalue weighted by molar-refractivity contribution is 0.0950. The van der Waals surface area contributed by atoms with Gasteiger partial charge in [-0.15, -0.1) is 16.6 Å². The molecule has 0 spiro atoms. The summed E-state index contributed by atoms with van der Waals surface area (Å²) in [6.07, 6.45) is 6.93. The van der Waals surface area contributed by atoms with Crippen molar-refractivity contribution in [2.75, 3.05) is 13.2 Å². The number of terminal acetylenes is 1. The number of aromatic nitrogens is 2. The summed E-state index contributed by atoms with van der Waals surface area (Å²) in [7, 11) is 0. The summed E-state index contributed by atoms with van der Waals surface area (Å²) in [6.45, 7) is 2.70. The third kappa shape index (κ3) is 6.30. The third-order valence-corrected chi connectivity index (χ3v) is 5.42. The number of hydrogen-bond acceptors (Lipinski definition) is 6. The molecule has 0 radical (unpaired) electrons. The molecule has 1 N–H and O–H groups in total. The zero-order chi connectivity index (χ0) is 22.9. The molecule has 0 aliphatic heterocycles. The monoisotopic (exact) mass is 471 g/mol. The van der Waals surface area contributed by atoms with Gasteiger partial charge in [0.2, 0.25) is 5.01 Å². The summed E-state index contributed by atoms with van der Waals surface area (Å²) >= 11 is 7.46. The van der Waals surface area contributed by atoms with Gasteiger partial charge in [-0.2, -0.15) is 0 Å². The second kappa shape index (κ2) is 11.3. The quantitative estimate of drug-likeness (QED) is 0.456. The van der Waals surface area contributed by atoms with E-state index in [1.165, 1.54) is 12.1 Å². The predicted molar refractivity (Wildman–Crippen MR) is 123 cm³/mol. The average Bonchev–Trinajstić information content (AvgIpc) is 3.29. The second-order valence-electron chi connectivity index (χ2n) is 6.35. The fraction of sp³-hybridized carbons (Fsp3) is 0.174. The van der Waals surface area contributed by atoms with Crippen molar-refractivity contribution in [2.24, 2.45) is 0 Å². The van der Waals surface area contributed by atoms with E-state index in [-0.39, 0.29) is 24.0 Å². The molecular weight excluding hydrogens is 453 g/mol. The van der Waals surface area contributed by atoms with Crippen LogP contribution >= 0.6 is 22.9 Å². The molecular formula is C23H19ClFN3O3S. The first kappa shape index (κ1) is 23.3. The van der Waals surface area contributed by atoms with E-state index < -0.39 is 5.91 Å². The van der Waals surface area contributed by atoms with Crippen molar-refractivity contribution in [1.29, 1.82) is 0 Å². The number of nitrogens with one attached hydrogen (secondary N) is 1. The number of rotatable bonds is 9. The van der Waals surface area contributed by atoms with Crippen LogP contribution in [-0.4, -0.2) is 29.3 Å². The largest absolute Gasteiger partial charge is 0.490 e. The van der Waals surface area contributed by atoms with Crippen molar-refractivity contribution in [2.45, 2.75) is 13.5 Å². The SMILES string of the molecule is C#CCOc1ccc(/C=C(\Cl)c2nnc(C(=O)NCc3ccc(F)cc3)s2)cc1OCC. The second-order valence-corrected chi connectivity index (χ2v) is 7.73. The van der Waals surface area contributed by atoms with Crippen LogP contribution in [0.2, 0.25) is 0 Å². The fourth-order valence-corrected chi connectivity index (χ4v) is 3.55. The first-order valence-corrected chi connectivity index (χ1v) is 10.8. The molecule has 0 saturated carbocycles. The predicted octanol–water partition coefficient (Wildman–Crippen LogP) is 4.75. The minimum absolute atomic E-state index is 0.132. The van der Waals surface area contributed by atoms with E-state index in [0.29, 0.717) is 28.1 Å². The highest BCUT2D eigenvalue weighted by Crippen LogP contribution is 2.31. The maximum atomic E-state index is 13.0. The van der Waals surface area contributed by atoms with Crippen LogP contribution in [0.3, 0.4) is 0 Å². The van der Waals surface area contributed by atoms with Crippen molar-refractivity contribution in [3.8, 4) is 23.8 Å². The highest BCUT2D eigenvalue weighted by Gasteiger charge is 2.15. The average molecular weight is 472 g/mol. The van der Waals surface area contributed by atoms with Crippen LogP contribution in [0.5, 0.6) is 11.5 Å². The molecule has 0 atom stereocenters. The molecule has 3 aromatic rings. The topological polar surface area (TPSA) is 73.3 Å². The van der Waals surface area contributed by atoms with E-state index in [9.17, 15) is 9.18 Å². The van der Waals surface area contributed by atoms with Gasteiger partial charge >= 0.3 is 0 Å². The van der Waals surface area contributed by atoms with Crippen molar-refractivity contribution in [3.63, 3.8) is 0 Å². The minimum atomic E-state index is -0.392. The Morgan fingerprint density at radius 3 is 2.66 bits per heavy atom. The van der Waals surface area contributed by atoms with Crippen LogP contribution < -0.4 is 14.8 Å². The molecule has 1 heterocycles. The molecule has 32 heavy (non-hydrogen) atoms. The summed E-state index contributed by atoms with van der Waals surface area (Å²) in [6, 6.07) is 11.2. The maximum Gasteiger partial charge on any atom is 0.282 e. The Kier molecular flexibility index (Phi) is 8.20. The number of nitrogens with zero attached hydrogens (tertiary/aromatic N) is 2. The number of ether oxygens (including phenoxy) is 2. The van der Waals surface area contributed by atoms with Gasteiger partial charge in [-0.1, -0.05) is 47.1 Å². The zero-order valence-electron chi connectivity index (χ0n) is 17.1. The van der Waals surface area contributed by atoms with E-state index in [1.807, 2.05) is 6.92 Å². The highest BCUT2D eigenvalue weighted by atomic mass is 35.5. The molecule has 0 saturated heterocycles. The number of carbonyl (C=O) groups is 1. The normalized spacial score (nSPS) is 11.0. The van der Waals surface area contributed by atoms with Crippen LogP contribution in [0.4, 0.5) is 4.39 Å². The van der Waals surface area contributed by atoms with E-state index >= 15 is 0 Å². The molecule has 3 rings (SSSR count). The molecule has 0 fully saturated rings. The van der Waals surface area contributed by atoms with Crippen molar-refractivity contribution in [3.05, 3.63) is 69.4 Å². The number of benzene rings is 2. The third-order valence-electron chi connectivity index (χ3n) is 4.06. The number of hydrogen-bond donors (Lipinski definition) is 1. The molecule has 9 heteroatoms. The molecule has 0 aliphatic rings. The lowest BCUT2D eigenvalue weighted by Gasteiger charge is -2.11. The van der Waals surface area contributed by atoms with Gasteiger partial charge < -0.3 is 14.8 Å². The molecule has 1 amide bonds. The van der Waals surface area contributed by atoms with Gasteiger partial charge in [0.15, 0.2) is 16.5 Å². The van der Waals surface area contributed by atoms with Gasteiger partial charge in [0.1, 0.15) is 12.4 Å². The van der Waals surface area contributed by atoms with Gasteiger partial charge in [-0.25, -0.2) is 4.39 Å². The Balaban J connectivity index is 1.69. The van der Waals surface area contributed by atoms with Crippen molar-refractivity contribution < 1.29 is 18.7 Å². The molecule has 1 aromatic heterocycles. The number of amides is 1. The molecule has 6 nitrogen and oxygen atoms in total. The Morgan fingerprint density at radius 1 is 1.19 bits per heavy atom. The highest BCUT2D eigenvalue weighted by molar-refractivity contribution is 7.15. The van der Waals surface area contributed by atoms with Gasteiger partial charge in [-0.05, 0) is 48.4 Å². The van der Waals surface area contributed by atoms with Gasteiger partial charge in [0, 0.05) is 6.54 Å². The van der Waals surface area contributed by atoms with Crippen molar-refractivity contribution >= 4 is 40.0 Å². The van der Waals surface area contributed by atoms with E-state index in [0.717, 1.165) is 22.5 Å². The van der Waals surface area contributed by atoms with Crippen LogP contribution in [0.15, 0.2) is 42.5 Å². The van der Waals surface area contributed by atoms with Gasteiger partial charge in [0.05, 0.1) is 11.6 Å². The van der Waals surface area contributed by atoms with Crippen molar-refractivity contribution in [1.82, 2.24) is 15.5 Å². The van der Waals surface area contributed by atoms with E-state index in [2.05, 4.69) is 21.4 Å². The van der Waals surface area contributed by atoms with Gasteiger partial charge in [-0.3, -0.25) is 4.79 Å². The lowest BCUT2D eigenvalue weighted by atomic mass is 10.2. The summed E-state index contributed by atoms with van der Waals surface area (Å²) in [5, 5.41) is 11.5. The minimum Gasteiger partial charge on any atom is -0.490 e. The van der Waals surface area contributed by atoms with Crippen LogP contribution in [-0.2, 0) is 6.54 Å². The number of halogens is 2. The van der Waals surface area contributed by atoms with Crippen LogP contribution in [0.1, 0.15) is 32.9 Å². The summed E-state index contributed by atoms with van der Waals surface area (Å²) in [5.74, 6) is 2.76. The summed E-state index contributed by atoms with van der Waals surface area (Å²) in [5.41, 5.74) is 1.52. The molecule has 2 aromatic carbocycles.